The molecule has 2 aliphatic rings. The normalized spacial score (nSPS) is 17.9. The summed E-state index contributed by atoms with van der Waals surface area (Å²) >= 11 is 5.90. The van der Waals surface area contributed by atoms with Crippen LogP contribution in [0.5, 0.6) is 5.75 Å². The fourth-order valence-electron chi connectivity index (χ4n) is 3.51. The second-order valence-electron chi connectivity index (χ2n) is 7.70. The fourth-order valence-corrected chi connectivity index (χ4v) is 3.63. The molecular formula is C21H24ClF3N4O4. The van der Waals surface area contributed by atoms with E-state index >= 15 is 0 Å². The number of amides is 1. The van der Waals surface area contributed by atoms with Gasteiger partial charge in [-0.25, -0.2) is 4.79 Å². The summed E-state index contributed by atoms with van der Waals surface area (Å²) < 4.78 is 39.6. The standard InChI is InChI=1S/C19H23ClN4O2.C2HF3O2/c20-15-2-4-18(5-3-15)26-11-10-22-13-16-6-7-21-24(16)17(14-22)12-19(25)23-8-1-9-23;3-2(4,5)1(6)7/h2-7,17H,1,8-14H2;(H,6,7). The summed E-state index contributed by atoms with van der Waals surface area (Å²) in [5.41, 5.74) is 1.16. The number of likely N-dealkylation sites (tertiary alicyclic amines) is 1. The number of fused-ring (bicyclic) bond motifs is 1. The minimum Gasteiger partial charge on any atom is -0.492 e. The Morgan fingerprint density at radius 2 is 1.85 bits per heavy atom. The van der Waals surface area contributed by atoms with Gasteiger partial charge < -0.3 is 14.7 Å². The van der Waals surface area contributed by atoms with Crippen LogP contribution in [-0.4, -0.2) is 75.5 Å². The van der Waals surface area contributed by atoms with Gasteiger partial charge in [-0.3, -0.25) is 14.4 Å². The van der Waals surface area contributed by atoms with E-state index in [1.54, 1.807) is 0 Å². The Kier molecular flexibility index (Phi) is 8.20. The van der Waals surface area contributed by atoms with Crippen LogP contribution >= 0.6 is 11.6 Å². The third-order valence-corrected chi connectivity index (χ3v) is 5.56. The van der Waals surface area contributed by atoms with Crippen molar-refractivity contribution in [1.82, 2.24) is 19.6 Å². The van der Waals surface area contributed by atoms with Gasteiger partial charge >= 0.3 is 12.1 Å². The maximum Gasteiger partial charge on any atom is 0.490 e. The molecule has 0 spiro atoms. The van der Waals surface area contributed by atoms with Crippen LogP contribution in [0.15, 0.2) is 36.5 Å². The highest BCUT2D eigenvalue weighted by Gasteiger charge is 2.38. The minimum atomic E-state index is -5.08. The van der Waals surface area contributed by atoms with E-state index < -0.39 is 12.1 Å². The van der Waals surface area contributed by atoms with Crippen molar-refractivity contribution in [3.8, 4) is 5.75 Å². The van der Waals surface area contributed by atoms with Gasteiger partial charge in [0, 0.05) is 43.9 Å². The Hall–Kier alpha value is -2.79. The van der Waals surface area contributed by atoms with Crippen LogP contribution in [0.2, 0.25) is 5.02 Å². The Labute approximate surface area is 193 Å². The molecule has 1 amide bonds. The highest BCUT2D eigenvalue weighted by Crippen LogP contribution is 2.25. The molecule has 8 nitrogen and oxygen atoms in total. The van der Waals surface area contributed by atoms with E-state index in [0.29, 0.717) is 18.1 Å². The number of nitrogens with zero attached hydrogens (tertiary/aromatic N) is 4. The largest absolute Gasteiger partial charge is 0.492 e. The van der Waals surface area contributed by atoms with E-state index in [1.165, 1.54) is 0 Å². The third-order valence-electron chi connectivity index (χ3n) is 5.30. The molecule has 0 bridgehead atoms. The van der Waals surface area contributed by atoms with E-state index in [-0.39, 0.29) is 11.9 Å². The van der Waals surface area contributed by atoms with Gasteiger partial charge in [0.25, 0.3) is 0 Å². The first kappa shape index (κ1) is 24.8. The predicted molar refractivity (Wildman–Crippen MR) is 113 cm³/mol. The topological polar surface area (TPSA) is 87.9 Å². The number of aliphatic carboxylic acids is 1. The van der Waals surface area contributed by atoms with Gasteiger partial charge in [-0.05, 0) is 36.8 Å². The van der Waals surface area contributed by atoms with E-state index in [0.717, 1.165) is 50.6 Å². The molecule has 3 heterocycles. The average Bonchev–Trinajstić information content (AvgIpc) is 3.17. The van der Waals surface area contributed by atoms with Crippen LogP contribution in [0.4, 0.5) is 13.2 Å². The SMILES string of the molecule is O=C(CC1CN(CCOc2ccc(Cl)cc2)Cc2ccnn21)N1CCC1.O=C(O)C(F)(F)F. The monoisotopic (exact) mass is 488 g/mol. The van der Waals surface area contributed by atoms with Crippen molar-refractivity contribution in [2.24, 2.45) is 0 Å². The molecule has 0 saturated carbocycles. The molecule has 4 rings (SSSR count). The lowest BCUT2D eigenvalue weighted by molar-refractivity contribution is -0.192. The molecule has 12 heteroatoms. The summed E-state index contributed by atoms with van der Waals surface area (Å²) in [7, 11) is 0. The number of aromatic nitrogens is 2. The van der Waals surface area contributed by atoms with Crippen LogP contribution in [0.25, 0.3) is 0 Å². The first-order chi connectivity index (χ1) is 15.6. The molecule has 1 unspecified atom stereocenters. The summed E-state index contributed by atoms with van der Waals surface area (Å²) in [5.74, 6) is -1.70. The summed E-state index contributed by atoms with van der Waals surface area (Å²) in [6.07, 6.45) is -1.62. The first-order valence-electron chi connectivity index (χ1n) is 10.3. The molecule has 1 N–H and O–H groups in total. The van der Waals surface area contributed by atoms with Crippen LogP contribution < -0.4 is 4.74 Å². The predicted octanol–water partition coefficient (Wildman–Crippen LogP) is 3.23. The second-order valence-corrected chi connectivity index (χ2v) is 8.14. The van der Waals surface area contributed by atoms with Crippen LogP contribution in [0.3, 0.4) is 0 Å². The van der Waals surface area contributed by atoms with Crippen molar-refractivity contribution >= 4 is 23.5 Å². The lowest BCUT2D eigenvalue weighted by atomic mass is 10.1. The van der Waals surface area contributed by atoms with Crippen molar-refractivity contribution in [3.63, 3.8) is 0 Å². The van der Waals surface area contributed by atoms with Gasteiger partial charge in [0.15, 0.2) is 0 Å². The summed E-state index contributed by atoms with van der Waals surface area (Å²) in [6, 6.07) is 9.54. The summed E-state index contributed by atoms with van der Waals surface area (Å²) in [4.78, 5) is 25.6. The molecule has 180 valence electrons. The van der Waals surface area contributed by atoms with E-state index in [9.17, 15) is 18.0 Å². The molecule has 2 aliphatic heterocycles. The molecule has 33 heavy (non-hydrogen) atoms. The first-order valence-corrected chi connectivity index (χ1v) is 10.7. The molecule has 2 aromatic rings. The molecule has 1 atom stereocenters. The zero-order valence-electron chi connectivity index (χ0n) is 17.7. The number of rotatable bonds is 6. The van der Waals surface area contributed by atoms with Crippen LogP contribution in [0.1, 0.15) is 24.6 Å². The number of ether oxygens (including phenoxy) is 1. The molecule has 0 radical (unpaired) electrons. The maximum absolute atomic E-state index is 12.4. The molecule has 0 aliphatic carbocycles. The quantitative estimate of drug-likeness (QED) is 0.671. The van der Waals surface area contributed by atoms with E-state index in [4.69, 9.17) is 26.2 Å². The number of carboxylic acids is 1. The van der Waals surface area contributed by atoms with Crippen molar-refractivity contribution in [1.29, 1.82) is 0 Å². The highest BCUT2D eigenvalue weighted by atomic mass is 35.5. The number of hydrogen-bond donors (Lipinski definition) is 1. The molecule has 1 saturated heterocycles. The summed E-state index contributed by atoms with van der Waals surface area (Å²) in [6.45, 7) is 4.85. The van der Waals surface area contributed by atoms with E-state index in [2.05, 4.69) is 10.00 Å². The molecule has 1 fully saturated rings. The number of hydrogen-bond acceptors (Lipinski definition) is 5. The smallest absolute Gasteiger partial charge is 0.490 e. The van der Waals surface area contributed by atoms with Gasteiger partial charge in [-0.15, -0.1) is 0 Å². The fraction of sp³-hybridized carbons (Fsp3) is 0.476. The van der Waals surface area contributed by atoms with Crippen molar-refractivity contribution < 1.29 is 32.6 Å². The minimum absolute atomic E-state index is 0.0948. The van der Waals surface area contributed by atoms with Crippen LogP contribution in [0, 0.1) is 0 Å². The Balaban J connectivity index is 0.000000383. The number of halogens is 4. The Morgan fingerprint density at radius 1 is 1.18 bits per heavy atom. The van der Waals surface area contributed by atoms with Crippen molar-refractivity contribution in [3.05, 3.63) is 47.2 Å². The number of carbonyl (C=O) groups excluding carboxylic acids is 1. The average molecular weight is 489 g/mol. The second kappa shape index (κ2) is 10.9. The number of alkyl halides is 3. The number of carbonyl (C=O) groups is 2. The number of benzene rings is 1. The lowest BCUT2D eigenvalue weighted by Crippen LogP contribution is -2.45. The molecule has 1 aromatic carbocycles. The van der Waals surface area contributed by atoms with Gasteiger partial charge in [0.2, 0.25) is 5.91 Å². The van der Waals surface area contributed by atoms with Gasteiger partial charge in [-0.1, -0.05) is 11.6 Å². The zero-order valence-corrected chi connectivity index (χ0v) is 18.4. The van der Waals surface area contributed by atoms with Gasteiger partial charge in [0.1, 0.15) is 12.4 Å². The van der Waals surface area contributed by atoms with Crippen molar-refractivity contribution in [2.75, 3.05) is 32.8 Å². The maximum atomic E-state index is 12.4. The van der Waals surface area contributed by atoms with Gasteiger partial charge in [-0.2, -0.15) is 18.3 Å². The number of carboxylic acid groups (broad SMARTS) is 1. The zero-order chi connectivity index (χ0) is 24.0. The summed E-state index contributed by atoms with van der Waals surface area (Å²) in [5, 5.41) is 12.3. The van der Waals surface area contributed by atoms with Crippen LogP contribution in [-0.2, 0) is 16.1 Å². The van der Waals surface area contributed by atoms with Gasteiger partial charge in [0.05, 0.1) is 18.2 Å². The molecule has 1 aromatic heterocycles. The van der Waals surface area contributed by atoms with Crippen molar-refractivity contribution in [2.45, 2.75) is 31.6 Å². The lowest BCUT2D eigenvalue weighted by Gasteiger charge is -2.36. The third kappa shape index (κ3) is 7.10. The molecular weight excluding hydrogens is 465 g/mol. The van der Waals surface area contributed by atoms with E-state index in [1.807, 2.05) is 46.1 Å². The highest BCUT2D eigenvalue weighted by molar-refractivity contribution is 6.30. The Morgan fingerprint density at radius 3 is 2.42 bits per heavy atom. The Bertz CT molecular complexity index is 948.